The van der Waals surface area contributed by atoms with Gasteiger partial charge in [0.25, 0.3) is 0 Å². The number of hydrogen-bond acceptors (Lipinski definition) is 1. The van der Waals surface area contributed by atoms with Gasteiger partial charge in [-0.05, 0) is 18.3 Å². The van der Waals surface area contributed by atoms with Crippen molar-refractivity contribution in [2.45, 2.75) is 26.4 Å². The van der Waals surface area contributed by atoms with E-state index in [1.54, 1.807) is 0 Å². The van der Waals surface area contributed by atoms with E-state index in [1.165, 1.54) is 0 Å². The van der Waals surface area contributed by atoms with Crippen molar-refractivity contribution in [3.8, 4) is 0 Å². The Kier molecular flexibility index (Phi) is 1.08. The fraction of sp³-hybridized carbons (Fsp3) is 1.00. The highest BCUT2D eigenvalue weighted by Crippen LogP contribution is 2.36. The van der Waals surface area contributed by atoms with Gasteiger partial charge in [0.1, 0.15) is 0 Å². The Morgan fingerprint density at radius 1 is 1.57 bits per heavy atom. The van der Waals surface area contributed by atoms with Gasteiger partial charge in [-0.25, -0.2) is 0 Å². The lowest BCUT2D eigenvalue weighted by atomic mass is 10.1. The maximum atomic E-state index is 8.80. The molecule has 0 saturated heterocycles. The molecule has 1 nitrogen and oxygen atoms in total. The highest BCUT2D eigenvalue weighted by atomic mass is 16.3. The zero-order valence-electron chi connectivity index (χ0n) is 4.89. The molecule has 1 aliphatic rings. The molecule has 42 valence electrons. The van der Waals surface area contributed by atoms with Crippen LogP contribution in [-0.4, -0.2) is 11.2 Å². The molecule has 0 aromatic heterocycles. The molecular weight excluding hydrogens is 88.1 g/mol. The molecule has 0 bridgehead atoms. The molecule has 1 unspecified atom stereocenters. The quantitative estimate of drug-likeness (QED) is 0.521. The summed E-state index contributed by atoms with van der Waals surface area (Å²) in [6, 6.07) is 0. The molecule has 0 spiro atoms. The molecule has 0 aliphatic heterocycles. The normalized spacial score (nSPS) is 39.4. The SMILES string of the molecule is CC(C)C1C[C@H]1O. The van der Waals surface area contributed by atoms with E-state index in [4.69, 9.17) is 5.11 Å². The van der Waals surface area contributed by atoms with Gasteiger partial charge in [0.05, 0.1) is 6.10 Å². The summed E-state index contributed by atoms with van der Waals surface area (Å²) in [5.41, 5.74) is 0. The molecule has 2 atom stereocenters. The smallest absolute Gasteiger partial charge is 0.0575 e. The minimum atomic E-state index is 0.0417. The second-order valence-electron chi connectivity index (χ2n) is 2.71. The standard InChI is InChI=1S/C6H12O/c1-4(2)5-3-6(5)7/h4-7H,3H2,1-2H3/t5?,6-/m1/s1. The summed E-state index contributed by atoms with van der Waals surface area (Å²) in [5.74, 6) is 1.31. The first-order chi connectivity index (χ1) is 3.22. The van der Waals surface area contributed by atoms with E-state index in [2.05, 4.69) is 13.8 Å². The van der Waals surface area contributed by atoms with E-state index >= 15 is 0 Å². The van der Waals surface area contributed by atoms with Gasteiger partial charge in [-0.2, -0.15) is 0 Å². The van der Waals surface area contributed by atoms with Gasteiger partial charge in [0.2, 0.25) is 0 Å². The summed E-state index contributed by atoms with van der Waals surface area (Å²) in [4.78, 5) is 0. The van der Waals surface area contributed by atoms with Crippen molar-refractivity contribution in [3.05, 3.63) is 0 Å². The average Bonchev–Trinajstić information content (AvgIpc) is 2.17. The molecule has 0 heterocycles. The zero-order valence-corrected chi connectivity index (χ0v) is 4.89. The maximum absolute atomic E-state index is 8.80. The van der Waals surface area contributed by atoms with E-state index in [1.807, 2.05) is 0 Å². The number of hydrogen-bond donors (Lipinski definition) is 1. The van der Waals surface area contributed by atoms with Gasteiger partial charge in [-0.1, -0.05) is 13.8 Å². The Balaban J connectivity index is 2.20. The number of rotatable bonds is 1. The third kappa shape index (κ3) is 0.942. The lowest BCUT2D eigenvalue weighted by molar-refractivity contribution is 0.245. The fourth-order valence-corrected chi connectivity index (χ4v) is 0.917. The minimum absolute atomic E-state index is 0.0417. The van der Waals surface area contributed by atoms with Crippen LogP contribution in [0.1, 0.15) is 20.3 Å². The summed E-state index contributed by atoms with van der Waals surface area (Å²) in [5, 5.41) is 8.80. The molecule has 1 heteroatoms. The van der Waals surface area contributed by atoms with Crippen LogP contribution in [0.4, 0.5) is 0 Å². The van der Waals surface area contributed by atoms with Gasteiger partial charge in [-0.15, -0.1) is 0 Å². The predicted molar refractivity (Wildman–Crippen MR) is 29.0 cm³/mol. The molecular formula is C6H12O. The average molecular weight is 100 g/mol. The topological polar surface area (TPSA) is 20.2 Å². The molecule has 1 saturated carbocycles. The van der Waals surface area contributed by atoms with Crippen molar-refractivity contribution >= 4 is 0 Å². The maximum Gasteiger partial charge on any atom is 0.0575 e. The van der Waals surface area contributed by atoms with Gasteiger partial charge < -0.3 is 5.11 Å². The van der Waals surface area contributed by atoms with Crippen LogP contribution in [0, 0.1) is 11.8 Å². The molecule has 0 radical (unpaired) electrons. The first-order valence-electron chi connectivity index (χ1n) is 2.90. The van der Waals surface area contributed by atoms with Gasteiger partial charge in [0.15, 0.2) is 0 Å². The fourth-order valence-electron chi connectivity index (χ4n) is 0.917. The molecule has 1 rings (SSSR count). The lowest BCUT2D eigenvalue weighted by Gasteiger charge is -1.96. The van der Waals surface area contributed by atoms with Crippen molar-refractivity contribution in [1.29, 1.82) is 0 Å². The van der Waals surface area contributed by atoms with Gasteiger partial charge in [-0.3, -0.25) is 0 Å². The molecule has 1 N–H and O–H groups in total. The van der Waals surface area contributed by atoms with Crippen molar-refractivity contribution in [2.75, 3.05) is 0 Å². The summed E-state index contributed by atoms with van der Waals surface area (Å²) in [6.07, 6.45) is 1.08. The third-order valence-corrected chi connectivity index (χ3v) is 1.66. The van der Waals surface area contributed by atoms with Crippen molar-refractivity contribution in [3.63, 3.8) is 0 Å². The molecule has 7 heavy (non-hydrogen) atoms. The van der Waals surface area contributed by atoms with Crippen LogP contribution >= 0.6 is 0 Å². The molecule has 1 aliphatic carbocycles. The summed E-state index contributed by atoms with van der Waals surface area (Å²) in [6.45, 7) is 4.31. The van der Waals surface area contributed by atoms with Crippen LogP contribution in [0.2, 0.25) is 0 Å². The van der Waals surface area contributed by atoms with E-state index in [-0.39, 0.29) is 6.10 Å². The summed E-state index contributed by atoms with van der Waals surface area (Å²) >= 11 is 0. The third-order valence-electron chi connectivity index (χ3n) is 1.66. The van der Waals surface area contributed by atoms with Crippen molar-refractivity contribution in [1.82, 2.24) is 0 Å². The zero-order chi connectivity index (χ0) is 5.44. The van der Waals surface area contributed by atoms with Gasteiger partial charge in [0, 0.05) is 0 Å². The number of aliphatic hydroxyl groups excluding tert-OH is 1. The second-order valence-corrected chi connectivity index (χ2v) is 2.71. The van der Waals surface area contributed by atoms with Crippen molar-refractivity contribution < 1.29 is 5.11 Å². The van der Waals surface area contributed by atoms with E-state index in [0.29, 0.717) is 11.8 Å². The Hall–Kier alpha value is -0.0400. The highest BCUT2D eigenvalue weighted by Gasteiger charge is 2.37. The van der Waals surface area contributed by atoms with Crippen LogP contribution in [0.3, 0.4) is 0 Å². The van der Waals surface area contributed by atoms with Crippen LogP contribution in [0.15, 0.2) is 0 Å². The Bertz CT molecular complexity index is 68.6. The monoisotopic (exact) mass is 100 g/mol. The van der Waals surface area contributed by atoms with Crippen LogP contribution in [0.25, 0.3) is 0 Å². The van der Waals surface area contributed by atoms with E-state index in [9.17, 15) is 0 Å². The summed E-state index contributed by atoms with van der Waals surface area (Å²) < 4.78 is 0. The number of aliphatic hydroxyl groups is 1. The van der Waals surface area contributed by atoms with E-state index in [0.717, 1.165) is 6.42 Å². The Labute approximate surface area is 44.4 Å². The van der Waals surface area contributed by atoms with Crippen molar-refractivity contribution in [2.24, 2.45) is 11.8 Å². The predicted octanol–water partition coefficient (Wildman–Crippen LogP) is 1.02. The Morgan fingerprint density at radius 2 is 2.00 bits per heavy atom. The van der Waals surface area contributed by atoms with Crippen LogP contribution < -0.4 is 0 Å². The Morgan fingerprint density at radius 3 is 2.00 bits per heavy atom. The van der Waals surface area contributed by atoms with Crippen LogP contribution in [0.5, 0.6) is 0 Å². The van der Waals surface area contributed by atoms with Crippen LogP contribution in [-0.2, 0) is 0 Å². The minimum Gasteiger partial charge on any atom is -0.393 e. The highest BCUT2D eigenvalue weighted by molar-refractivity contribution is 4.87. The van der Waals surface area contributed by atoms with E-state index < -0.39 is 0 Å². The van der Waals surface area contributed by atoms with Gasteiger partial charge >= 0.3 is 0 Å². The second kappa shape index (κ2) is 1.48. The lowest BCUT2D eigenvalue weighted by Crippen LogP contribution is -1.93. The summed E-state index contributed by atoms with van der Waals surface area (Å²) in [7, 11) is 0. The molecule has 0 aromatic rings. The molecule has 0 aromatic carbocycles. The molecule has 0 amide bonds. The first-order valence-corrected chi connectivity index (χ1v) is 2.90. The first kappa shape index (κ1) is 5.10. The largest absolute Gasteiger partial charge is 0.393 e. The molecule has 1 fully saturated rings.